The van der Waals surface area contributed by atoms with Gasteiger partial charge in [0.25, 0.3) is 5.91 Å². The van der Waals surface area contributed by atoms with Crippen molar-refractivity contribution in [2.24, 2.45) is 0 Å². The molecule has 0 bridgehead atoms. The predicted molar refractivity (Wildman–Crippen MR) is 89.4 cm³/mol. The topological polar surface area (TPSA) is 42.0 Å². The fraction of sp³-hybridized carbons (Fsp3) is 0. The van der Waals surface area contributed by atoms with Crippen LogP contribution in [0, 0.1) is 5.82 Å². The number of benzene rings is 2. The van der Waals surface area contributed by atoms with Gasteiger partial charge in [0.15, 0.2) is 5.13 Å². The Morgan fingerprint density at radius 3 is 2.77 bits per heavy atom. The monoisotopic (exact) mass is 328 g/mol. The van der Waals surface area contributed by atoms with Gasteiger partial charge in [-0.2, -0.15) is 0 Å². The van der Waals surface area contributed by atoms with Crippen molar-refractivity contribution in [1.29, 1.82) is 0 Å². The van der Waals surface area contributed by atoms with E-state index in [4.69, 9.17) is 0 Å². The molecule has 6 heteroatoms. The Kier molecular flexibility index (Phi) is 3.13. The van der Waals surface area contributed by atoms with Crippen LogP contribution in [0.2, 0.25) is 0 Å². The van der Waals surface area contributed by atoms with Crippen LogP contribution in [0.5, 0.6) is 0 Å². The molecule has 0 saturated heterocycles. The third-order valence-corrected chi connectivity index (χ3v) is 5.28. The Hall–Kier alpha value is -2.31. The zero-order valence-electron chi connectivity index (χ0n) is 11.2. The molecule has 0 aliphatic carbocycles. The lowest BCUT2D eigenvalue weighted by Crippen LogP contribution is -2.09. The number of rotatable bonds is 2. The third kappa shape index (κ3) is 2.36. The quantitative estimate of drug-likeness (QED) is 0.568. The second kappa shape index (κ2) is 5.15. The summed E-state index contributed by atoms with van der Waals surface area (Å²) in [6, 6.07) is 13.9. The average Bonchev–Trinajstić information content (AvgIpc) is 3.09. The number of thiazole rings is 1. The second-order valence-corrected chi connectivity index (χ2v) is 6.85. The van der Waals surface area contributed by atoms with Crippen LogP contribution < -0.4 is 5.32 Å². The fourth-order valence-electron chi connectivity index (χ4n) is 2.21. The van der Waals surface area contributed by atoms with E-state index in [0.717, 1.165) is 20.3 Å². The summed E-state index contributed by atoms with van der Waals surface area (Å²) in [5.74, 6) is -0.524. The standard InChI is InChI=1S/C16H9FN2OS2/c17-10-5-6-12-9(7-10)8-14(21-12)15(20)19-16-18-11-3-1-2-4-13(11)22-16/h1-8H,(H,18,19,20). The minimum Gasteiger partial charge on any atom is -0.297 e. The first-order valence-corrected chi connectivity index (χ1v) is 8.18. The Balaban J connectivity index is 1.65. The van der Waals surface area contributed by atoms with Gasteiger partial charge >= 0.3 is 0 Å². The summed E-state index contributed by atoms with van der Waals surface area (Å²) in [4.78, 5) is 17.2. The summed E-state index contributed by atoms with van der Waals surface area (Å²) in [6.07, 6.45) is 0. The zero-order chi connectivity index (χ0) is 15.1. The largest absolute Gasteiger partial charge is 0.297 e. The van der Waals surface area contributed by atoms with E-state index >= 15 is 0 Å². The second-order valence-electron chi connectivity index (χ2n) is 4.73. The van der Waals surface area contributed by atoms with Crippen LogP contribution in [-0.4, -0.2) is 10.9 Å². The summed E-state index contributed by atoms with van der Waals surface area (Å²) >= 11 is 2.77. The van der Waals surface area contributed by atoms with Crippen LogP contribution in [-0.2, 0) is 0 Å². The normalized spacial score (nSPS) is 11.1. The van der Waals surface area contributed by atoms with Crippen LogP contribution in [0.4, 0.5) is 9.52 Å². The van der Waals surface area contributed by atoms with Crippen LogP contribution in [0.3, 0.4) is 0 Å². The van der Waals surface area contributed by atoms with Gasteiger partial charge in [-0.1, -0.05) is 23.5 Å². The van der Waals surface area contributed by atoms with Crippen LogP contribution in [0.25, 0.3) is 20.3 Å². The molecule has 2 aromatic heterocycles. The molecule has 2 heterocycles. The Morgan fingerprint density at radius 1 is 1.05 bits per heavy atom. The lowest BCUT2D eigenvalue weighted by atomic mass is 10.2. The highest BCUT2D eigenvalue weighted by molar-refractivity contribution is 7.23. The number of hydrogen-bond donors (Lipinski definition) is 1. The van der Waals surface area contributed by atoms with Crippen molar-refractivity contribution < 1.29 is 9.18 Å². The van der Waals surface area contributed by atoms with Gasteiger partial charge in [0.05, 0.1) is 15.1 Å². The molecule has 4 rings (SSSR count). The van der Waals surface area contributed by atoms with E-state index in [-0.39, 0.29) is 11.7 Å². The molecule has 2 aromatic carbocycles. The predicted octanol–water partition coefficient (Wildman–Crippen LogP) is 4.90. The molecule has 4 aromatic rings. The number of carbonyl (C=O) groups is 1. The molecule has 1 N–H and O–H groups in total. The molecular weight excluding hydrogens is 319 g/mol. The van der Waals surface area contributed by atoms with Gasteiger partial charge in [0.2, 0.25) is 0 Å². The van der Waals surface area contributed by atoms with E-state index in [9.17, 15) is 9.18 Å². The number of thiophene rings is 1. The van der Waals surface area contributed by atoms with E-state index in [1.807, 2.05) is 24.3 Å². The first-order valence-electron chi connectivity index (χ1n) is 6.55. The lowest BCUT2D eigenvalue weighted by molar-refractivity contribution is 0.103. The van der Waals surface area contributed by atoms with Gasteiger partial charge in [-0.15, -0.1) is 11.3 Å². The highest BCUT2D eigenvalue weighted by Gasteiger charge is 2.13. The lowest BCUT2D eigenvalue weighted by Gasteiger charge is -1.96. The molecule has 0 atom stereocenters. The molecule has 108 valence electrons. The fourth-order valence-corrected chi connectivity index (χ4v) is 4.01. The number of para-hydroxylation sites is 1. The maximum absolute atomic E-state index is 13.2. The molecule has 0 fully saturated rings. The number of carbonyl (C=O) groups excluding carboxylic acids is 1. The smallest absolute Gasteiger partial charge is 0.267 e. The molecule has 0 spiro atoms. The van der Waals surface area contributed by atoms with Crippen molar-refractivity contribution in [1.82, 2.24) is 4.98 Å². The third-order valence-electron chi connectivity index (χ3n) is 3.22. The van der Waals surface area contributed by atoms with Gasteiger partial charge in [0.1, 0.15) is 5.82 Å². The number of halogens is 1. The molecular formula is C16H9FN2OS2. The minimum absolute atomic E-state index is 0.222. The summed E-state index contributed by atoms with van der Waals surface area (Å²) in [6.45, 7) is 0. The van der Waals surface area contributed by atoms with Crippen molar-refractivity contribution in [2.45, 2.75) is 0 Å². The van der Waals surface area contributed by atoms with Gasteiger partial charge in [-0.25, -0.2) is 9.37 Å². The number of aromatic nitrogens is 1. The van der Waals surface area contributed by atoms with E-state index in [1.165, 1.54) is 34.8 Å². The Bertz CT molecular complexity index is 973. The maximum atomic E-state index is 13.2. The number of anilines is 1. The van der Waals surface area contributed by atoms with Crippen molar-refractivity contribution in [2.75, 3.05) is 5.32 Å². The van der Waals surface area contributed by atoms with Crippen molar-refractivity contribution >= 4 is 54.0 Å². The molecule has 0 aliphatic heterocycles. The van der Waals surface area contributed by atoms with Gasteiger partial charge in [-0.3, -0.25) is 10.1 Å². The van der Waals surface area contributed by atoms with Gasteiger partial charge in [-0.05, 0) is 41.8 Å². The van der Waals surface area contributed by atoms with E-state index < -0.39 is 0 Å². The van der Waals surface area contributed by atoms with Crippen LogP contribution >= 0.6 is 22.7 Å². The van der Waals surface area contributed by atoms with E-state index in [1.54, 1.807) is 12.1 Å². The summed E-state index contributed by atoms with van der Waals surface area (Å²) in [7, 11) is 0. The molecule has 22 heavy (non-hydrogen) atoms. The first kappa shape index (κ1) is 13.4. The maximum Gasteiger partial charge on any atom is 0.267 e. The number of hydrogen-bond acceptors (Lipinski definition) is 4. The number of nitrogens with zero attached hydrogens (tertiary/aromatic N) is 1. The Labute approximate surface area is 133 Å². The summed E-state index contributed by atoms with van der Waals surface area (Å²) < 4.78 is 15.1. The summed E-state index contributed by atoms with van der Waals surface area (Å²) in [5.41, 5.74) is 0.862. The van der Waals surface area contributed by atoms with Gasteiger partial charge in [0, 0.05) is 4.70 Å². The number of amides is 1. The molecule has 0 unspecified atom stereocenters. The molecule has 0 aliphatic rings. The molecule has 0 saturated carbocycles. The van der Waals surface area contributed by atoms with Crippen molar-refractivity contribution in [3.05, 3.63) is 59.2 Å². The number of fused-ring (bicyclic) bond motifs is 2. The molecule has 3 nitrogen and oxygen atoms in total. The molecule has 0 radical (unpaired) electrons. The zero-order valence-corrected chi connectivity index (χ0v) is 12.8. The van der Waals surface area contributed by atoms with Crippen LogP contribution in [0.15, 0.2) is 48.5 Å². The first-order chi connectivity index (χ1) is 10.7. The highest BCUT2D eigenvalue weighted by atomic mass is 32.1. The van der Waals surface area contributed by atoms with E-state index in [0.29, 0.717) is 10.0 Å². The van der Waals surface area contributed by atoms with Crippen molar-refractivity contribution in [3.63, 3.8) is 0 Å². The van der Waals surface area contributed by atoms with Crippen LogP contribution in [0.1, 0.15) is 9.67 Å². The van der Waals surface area contributed by atoms with Gasteiger partial charge < -0.3 is 0 Å². The Morgan fingerprint density at radius 2 is 1.91 bits per heavy atom. The summed E-state index contributed by atoms with van der Waals surface area (Å²) in [5, 5.41) is 4.11. The van der Waals surface area contributed by atoms with Crippen molar-refractivity contribution in [3.8, 4) is 0 Å². The molecule has 1 amide bonds. The highest BCUT2D eigenvalue weighted by Crippen LogP contribution is 2.29. The number of nitrogens with one attached hydrogen (secondary N) is 1. The van der Waals surface area contributed by atoms with E-state index in [2.05, 4.69) is 10.3 Å². The SMILES string of the molecule is O=C(Nc1nc2ccccc2s1)c1cc2cc(F)ccc2s1. The average molecular weight is 328 g/mol. The minimum atomic E-state index is -0.302.